The van der Waals surface area contributed by atoms with Crippen LogP contribution in [0.5, 0.6) is 11.5 Å². The lowest BCUT2D eigenvalue weighted by atomic mass is 9.99. The summed E-state index contributed by atoms with van der Waals surface area (Å²) in [5.41, 5.74) is 1.60. The van der Waals surface area contributed by atoms with Gasteiger partial charge in [0.1, 0.15) is 5.69 Å². The molecule has 0 atom stereocenters. The van der Waals surface area contributed by atoms with Gasteiger partial charge in [-0.25, -0.2) is 4.98 Å². The lowest BCUT2D eigenvalue weighted by molar-refractivity contribution is 0.0949. The third-order valence-electron chi connectivity index (χ3n) is 4.59. The Labute approximate surface area is 157 Å². The maximum absolute atomic E-state index is 12.3. The second-order valence-corrected chi connectivity index (χ2v) is 7.18. The summed E-state index contributed by atoms with van der Waals surface area (Å²) in [6.07, 6.45) is 2.90. The van der Waals surface area contributed by atoms with Crippen molar-refractivity contribution in [2.45, 2.75) is 25.2 Å². The predicted molar refractivity (Wildman–Crippen MR) is 103 cm³/mol. The summed E-state index contributed by atoms with van der Waals surface area (Å²) in [7, 11) is 3.23. The van der Waals surface area contributed by atoms with Crippen molar-refractivity contribution in [1.82, 2.24) is 15.6 Å². The van der Waals surface area contributed by atoms with Gasteiger partial charge in [-0.1, -0.05) is 6.07 Å². The second-order valence-electron chi connectivity index (χ2n) is 6.29. The first kappa shape index (κ1) is 18.7. The van der Waals surface area contributed by atoms with Crippen LogP contribution in [-0.2, 0) is 6.42 Å². The van der Waals surface area contributed by atoms with Gasteiger partial charge in [0.05, 0.1) is 19.2 Å². The number of amides is 1. The zero-order chi connectivity index (χ0) is 18.4. The molecule has 0 spiro atoms. The van der Waals surface area contributed by atoms with Crippen molar-refractivity contribution in [2.75, 3.05) is 33.9 Å². The van der Waals surface area contributed by atoms with Gasteiger partial charge in [0.2, 0.25) is 0 Å². The van der Waals surface area contributed by atoms with Crippen LogP contribution in [0.4, 0.5) is 0 Å². The molecule has 0 saturated carbocycles. The fraction of sp³-hybridized carbons (Fsp3) is 0.474. The SMILES string of the molecule is COc1ccc(CCNC(=O)c2csc(C3CCNCC3)n2)cc1OC. The van der Waals surface area contributed by atoms with Gasteiger partial charge < -0.3 is 20.1 Å². The molecule has 1 fully saturated rings. The fourth-order valence-corrected chi connectivity index (χ4v) is 4.07. The molecule has 1 aromatic heterocycles. The molecule has 3 rings (SSSR count). The molecule has 2 aromatic rings. The van der Waals surface area contributed by atoms with Crippen molar-refractivity contribution in [1.29, 1.82) is 0 Å². The molecule has 140 valence electrons. The molecule has 0 bridgehead atoms. The third-order valence-corrected chi connectivity index (χ3v) is 5.60. The zero-order valence-corrected chi connectivity index (χ0v) is 16.0. The Morgan fingerprint density at radius 3 is 2.77 bits per heavy atom. The van der Waals surface area contributed by atoms with Crippen molar-refractivity contribution in [3.05, 3.63) is 39.8 Å². The summed E-state index contributed by atoms with van der Waals surface area (Å²) < 4.78 is 10.5. The number of carbonyl (C=O) groups is 1. The number of thiazole rings is 1. The molecular formula is C19H25N3O3S. The number of rotatable bonds is 7. The Kier molecular flexibility index (Phi) is 6.46. The van der Waals surface area contributed by atoms with Crippen molar-refractivity contribution in [2.24, 2.45) is 0 Å². The summed E-state index contributed by atoms with van der Waals surface area (Å²) in [6.45, 7) is 2.60. The van der Waals surface area contributed by atoms with Gasteiger partial charge >= 0.3 is 0 Å². The molecule has 1 aromatic carbocycles. The number of aromatic nitrogens is 1. The van der Waals surface area contributed by atoms with Crippen LogP contribution in [0, 0.1) is 0 Å². The Balaban J connectivity index is 1.52. The highest BCUT2D eigenvalue weighted by Crippen LogP contribution is 2.28. The highest BCUT2D eigenvalue weighted by Gasteiger charge is 2.20. The summed E-state index contributed by atoms with van der Waals surface area (Å²) in [4.78, 5) is 16.9. The molecule has 2 heterocycles. The maximum atomic E-state index is 12.3. The molecular weight excluding hydrogens is 350 g/mol. The Bertz CT molecular complexity index is 741. The van der Waals surface area contributed by atoms with Crippen LogP contribution in [0.15, 0.2) is 23.6 Å². The van der Waals surface area contributed by atoms with E-state index in [9.17, 15) is 4.79 Å². The molecule has 1 amide bonds. The smallest absolute Gasteiger partial charge is 0.270 e. The van der Waals surface area contributed by atoms with Crippen LogP contribution in [0.3, 0.4) is 0 Å². The number of benzene rings is 1. The van der Waals surface area contributed by atoms with E-state index in [1.54, 1.807) is 25.6 Å². The van der Waals surface area contributed by atoms with Crippen LogP contribution in [0.1, 0.15) is 39.8 Å². The first-order valence-electron chi connectivity index (χ1n) is 8.86. The van der Waals surface area contributed by atoms with Gasteiger partial charge in [-0.3, -0.25) is 4.79 Å². The lowest BCUT2D eigenvalue weighted by Gasteiger charge is -2.20. The van der Waals surface area contributed by atoms with E-state index in [0.717, 1.165) is 42.9 Å². The Hall–Kier alpha value is -2.12. The van der Waals surface area contributed by atoms with Crippen molar-refractivity contribution in [3.63, 3.8) is 0 Å². The van der Waals surface area contributed by atoms with E-state index in [0.29, 0.717) is 29.7 Å². The van der Waals surface area contributed by atoms with Crippen LogP contribution in [0.2, 0.25) is 0 Å². The van der Waals surface area contributed by atoms with E-state index < -0.39 is 0 Å². The van der Waals surface area contributed by atoms with Gasteiger partial charge in [-0.05, 0) is 50.0 Å². The van der Waals surface area contributed by atoms with Gasteiger partial charge in [0, 0.05) is 17.8 Å². The number of nitrogens with zero attached hydrogens (tertiary/aromatic N) is 1. The number of piperidine rings is 1. The van der Waals surface area contributed by atoms with E-state index >= 15 is 0 Å². The number of nitrogens with one attached hydrogen (secondary N) is 2. The minimum Gasteiger partial charge on any atom is -0.493 e. The standard InChI is InChI=1S/C19H25N3O3S/c1-24-16-4-3-13(11-17(16)25-2)5-10-21-18(23)15-12-26-19(22-15)14-6-8-20-9-7-14/h3-4,11-12,14,20H,5-10H2,1-2H3,(H,21,23). The van der Waals surface area contributed by atoms with Crippen LogP contribution in [0.25, 0.3) is 0 Å². The average Bonchev–Trinajstić information content (AvgIpc) is 3.19. The molecule has 1 aliphatic rings. The number of hydrogen-bond donors (Lipinski definition) is 2. The number of carbonyl (C=O) groups excluding carboxylic acids is 1. The number of ether oxygens (including phenoxy) is 2. The van der Waals surface area contributed by atoms with E-state index in [1.165, 1.54) is 0 Å². The average molecular weight is 375 g/mol. The topological polar surface area (TPSA) is 72.5 Å². The van der Waals surface area contributed by atoms with E-state index in [-0.39, 0.29) is 5.91 Å². The van der Waals surface area contributed by atoms with Crippen molar-refractivity contribution < 1.29 is 14.3 Å². The highest BCUT2D eigenvalue weighted by atomic mass is 32.1. The van der Waals surface area contributed by atoms with Gasteiger partial charge in [-0.15, -0.1) is 11.3 Å². The normalized spacial score (nSPS) is 14.8. The molecule has 1 saturated heterocycles. The molecule has 26 heavy (non-hydrogen) atoms. The molecule has 0 unspecified atom stereocenters. The van der Waals surface area contributed by atoms with Crippen LogP contribution >= 0.6 is 11.3 Å². The molecule has 0 radical (unpaired) electrons. The predicted octanol–water partition coefficient (Wildman–Crippen LogP) is 2.60. The molecule has 0 aliphatic carbocycles. The largest absolute Gasteiger partial charge is 0.493 e. The van der Waals surface area contributed by atoms with Gasteiger partial charge in [0.15, 0.2) is 11.5 Å². The highest BCUT2D eigenvalue weighted by molar-refractivity contribution is 7.09. The quantitative estimate of drug-likeness (QED) is 0.778. The summed E-state index contributed by atoms with van der Waals surface area (Å²) in [5.74, 6) is 1.77. The van der Waals surface area contributed by atoms with Crippen LogP contribution in [-0.4, -0.2) is 44.7 Å². The first-order valence-corrected chi connectivity index (χ1v) is 9.74. The summed E-state index contributed by atoms with van der Waals surface area (Å²) in [5, 5.41) is 9.25. The first-order chi connectivity index (χ1) is 12.7. The second kappa shape index (κ2) is 9.00. The molecule has 7 heteroatoms. The van der Waals surface area contributed by atoms with E-state index in [2.05, 4.69) is 15.6 Å². The fourth-order valence-electron chi connectivity index (χ4n) is 3.10. The molecule has 1 aliphatic heterocycles. The number of methoxy groups -OCH3 is 2. The van der Waals surface area contributed by atoms with E-state index in [1.807, 2.05) is 23.6 Å². The molecule has 2 N–H and O–H groups in total. The Morgan fingerprint density at radius 1 is 1.27 bits per heavy atom. The van der Waals surface area contributed by atoms with Crippen molar-refractivity contribution in [3.8, 4) is 11.5 Å². The third kappa shape index (κ3) is 4.53. The Morgan fingerprint density at radius 2 is 2.04 bits per heavy atom. The lowest BCUT2D eigenvalue weighted by Crippen LogP contribution is -2.27. The monoisotopic (exact) mass is 375 g/mol. The minimum atomic E-state index is -0.109. The summed E-state index contributed by atoms with van der Waals surface area (Å²) in [6, 6.07) is 5.79. The van der Waals surface area contributed by atoms with Gasteiger partial charge in [-0.2, -0.15) is 0 Å². The van der Waals surface area contributed by atoms with Crippen LogP contribution < -0.4 is 20.1 Å². The summed E-state index contributed by atoms with van der Waals surface area (Å²) >= 11 is 1.59. The van der Waals surface area contributed by atoms with Gasteiger partial charge in [0.25, 0.3) is 5.91 Å². The minimum absolute atomic E-state index is 0.109. The van der Waals surface area contributed by atoms with E-state index in [4.69, 9.17) is 9.47 Å². The maximum Gasteiger partial charge on any atom is 0.270 e. The molecule has 6 nitrogen and oxygen atoms in total. The zero-order valence-electron chi connectivity index (χ0n) is 15.2. The number of hydrogen-bond acceptors (Lipinski definition) is 6. The van der Waals surface area contributed by atoms with Crippen molar-refractivity contribution >= 4 is 17.2 Å².